The smallest absolute Gasteiger partial charge is 0.164 e. The summed E-state index contributed by atoms with van der Waals surface area (Å²) in [5.41, 5.74) is 9.59. The molecule has 0 saturated carbocycles. The standard InChI is InChI=1S/C52H40N6O/c1-52(2)43-27-13-14-28-45(43)59-46-33-42(29-30-44(46)52)51-57-49(38-22-11-6-12-23-38)56-50(58-51)41-26-16-25-40(32-41)39-24-15-17-35(31-39)34-54-48(37-20-9-5-10-21-37)55-47(53-3)36-18-7-4-8-19-36/h4-33H,3,34H2,1-2H3. The van der Waals surface area contributed by atoms with E-state index >= 15 is 0 Å². The van der Waals surface area contributed by atoms with Gasteiger partial charge in [-0.3, -0.25) is 4.99 Å². The molecule has 0 N–H and O–H groups in total. The molecule has 0 radical (unpaired) electrons. The number of nitrogens with zero attached hydrogens (tertiary/aromatic N) is 6. The third-order valence-corrected chi connectivity index (χ3v) is 10.6. The zero-order chi connectivity index (χ0) is 40.2. The minimum atomic E-state index is -0.223. The summed E-state index contributed by atoms with van der Waals surface area (Å²) < 4.78 is 6.48. The lowest BCUT2D eigenvalue weighted by Gasteiger charge is -2.34. The number of aromatic nitrogens is 3. The Hall–Kier alpha value is -7.64. The van der Waals surface area contributed by atoms with E-state index in [1.807, 2.05) is 115 Å². The average molecular weight is 765 g/mol. The fraction of sp³-hybridized carbons (Fsp3) is 0.0769. The maximum absolute atomic E-state index is 6.48. The summed E-state index contributed by atoms with van der Waals surface area (Å²) in [6.45, 7) is 8.68. The molecule has 9 rings (SSSR count). The summed E-state index contributed by atoms with van der Waals surface area (Å²) in [4.78, 5) is 29.3. The molecular weight excluding hydrogens is 725 g/mol. The lowest BCUT2D eigenvalue weighted by Crippen LogP contribution is -2.24. The maximum Gasteiger partial charge on any atom is 0.164 e. The first kappa shape index (κ1) is 37.0. The Morgan fingerprint density at radius 2 is 1.02 bits per heavy atom. The summed E-state index contributed by atoms with van der Waals surface area (Å²) in [5, 5.41) is 0. The number of hydrogen-bond acceptors (Lipinski definition) is 5. The summed E-state index contributed by atoms with van der Waals surface area (Å²) in [6, 6.07) is 61.1. The van der Waals surface area contributed by atoms with E-state index in [-0.39, 0.29) is 5.41 Å². The van der Waals surface area contributed by atoms with Gasteiger partial charge in [0.25, 0.3) is 0 Å². The summed E-state index contributed by atoms with van der Waals surface area (Å²) in [6.07, 6.45) is 0. The molecule has 7 heteroatoms. The molecule has 1 aliphatic heterocycles. The third-order valence-electron chi connectivity index (χ3n) is 10.6. The molecule has 7 nitrogen and oxygen atoms in total. The first-order valence-corrected chi connectivity index (χ1v) is 19.6. The first-order chi connectivity index (χ1) is 28.9. The van der Waals surface area contributed by atoms with Crippen LogP contribution < -0.4 is 4.74 Å². The van der Waals surface area contributed by atoms with E-state index in [0.717, 1.165) is 67.1 Å². The Morgan fingerprint density at radius 3 is 1.71 bits per heavy atom. The SMILES string of the molecule is C=NC(=NC(=NCc1cccc(-c2cccc(-c3nc(-c4ccccc4)nc(-c4ccc5c(c4)Oc4ccccc4C5(C)C)n3)c2)c1)c1ccccc1)c1ccccc1. The lowest BCUT2D eigenvalue weighted by molar-refractivity contribution is 0.418. The Morgan fingerprint density at radius 1 is 0.492 bits per heavy atom. The van der Waals surface area contributed by atoms with E-state index in [9.17, 15) is 0 Å². The van der Waals surface area contributed by atoms with E-state index in [1.165, 1.54) is 0 Å². The van der Waals surface area contributed by atoms with Crippen LogP contribution in [0.4, 0.5) is 0 Å². The molecule has 284 valence electrons. The average Bonchev–Trinajstić information content (AvgIpc) is 3.30. The van der Waals surface area contributed by atoms with Crippen molar-refractivity contribution in [2.24, 2.45) is 15.0 Å². The maximum atomic E-state index is 6.48. The lowest BCUT2D eigenvalue weighted by atomic mass is 9.75. The Bertz CT molecular complexity index is 2870. The van der Waals surface area contributed by atoms with Crippen LogP contribution in [0.1, 0.15) is 41.7 Å². The zero-order valence-electron chi connectivity index (χ0n) is 32.8. The van der Waals surface area contributed by atoms with Crippen molar-refractivity contribution in [3.63, 3.8) is 0 Å². The number of para-hydroxylation sites is 1. The van der Waals surface area contributed by atoms with Gasteiger partial charge in [0.2, 0.25) is 0 Å². The summed E-state index contributed by atoms with van der Waals surface area (Å²) in [7, 11) is 0. The Labute approximate surface area is 344 Å². The number of hydrogen-bond donors (Lipinski definition) is 0. The monoisotopic (exact) mass is 764 g/mol. The highest BCUT2D eigenvalue weighted by Crippen LogP contribution is 2.48. The quantitative estimate of drug-likeness (QED) is 0.114. The molecule has 1 aliphatic rings. The van der Waals surface area contributed by atoms with Gasteiger partial charge in [-0.1, -0.05) is 172 Å². The molecule has 0 spiro atoms. The van der Waals surface area contributed by atoms with Crippen LogP contribution in [0.3, 0.4) is 0 Å². The van der Waals surface area contributed by atoms with Crippen LogP contribution in [-0.2, 0) is 12.0 Å². The number of fused-ring (bicyclic) bond motifs is 2. The highest BCUT2D eigenvalue weighted by atomic mass is 16.5. The van der Waals surface area contributed by atoms with Crippen molar-refractivity contribution < 1.29 is 4.74 Å². The van der Waals surface area contributed by atoms with Crippen molar-refractivity contribution in [2.45, 2.75) is 25.8 Å². The van der Waals surface area contributed by atoms with Gasteiger partial charge < -0.3 is 4.74 Å². The molecular formula is C52H40N6O. The topological polar surface area (TPSA) is 85.0 Å². The Kier molecular flexibility index (Phi) is 10.1. The van der Waals surface area contributed by atoms with E-state index in [4.69, 9.17) is 29.7 Å². The third kappa shape index (κ3) is 7.74. The van der Waals surface area contributed by atoms with Gasteiger partial charge in [-0.25, -0.2) is 24.9 Å². The van der Waals surface area contributed by atoms with Crippen LogP contribution in [-0.4, -0.2) is 33.3 Å². The number of rotatable bonds is 8. The van der Waals surface area contributed by atoms with Crippen molar-refractivity contribution >= 4 is 18.4 Å². The Balaban J connectivity index is 1.06. The first-order valence-electron chi connectivity index (χ1n) is 19.6. The zero-order valence-corrected chi connectivity index (χ0v) is 32.8. The second kappa shape index (κ2) is 16.1. The number of ether oxygens (including phenoxy) is 1. The normalized spacial score (nSPS) is 13.2. The van der Waals surface area contributed by atoms with Crippen LogP contribution >= 0.6 is 0 Å². The fourth-order valence-electron chi connectivity index (χ4n) is 7.46. The predicted molar refractivity (Wildman–Crippen MR) is 239 cm³/mol. The molecule has 0 fully saturated rings. The van der Waals surface area contributed by atoms with Gasteiger partial charge >= 0.3 is 0 Å². The van der Waals surface area contributed by atoms with Crippen LogP contribution in [0, 0.1) is 0 Å². The van der Waals surface area contributed by atoms with Gasteiger partial charge in [0.15, 0.2) is 29.1 Å². The minimum absolute atomic E-state index is 0.223. The summed E-state index contributed by atoms with van der Waals surface area (Å²) >= 11 is 0. The van der Waals surface area contributed by atoms with Gasteiger partial charge in [0.1, 0.15) is 11.5 Å². The van der Waals surface area contributed by atoms with Crippen molar-refractivity contribution in [2.75, 3.05) is 0 Å². The van der Waals surface area contributed by atoms with Crippen molar-refractivity contribution in [1.82, 2.24) is 15.0 Å². The van der Waals surface area contributed by atoms with E-state index < -0.39 is 0 Å². The molecule has 0 saturated heterocycles. The van der Waals surface area contributed by atoms with E-state index in [0.29, 0.717) is 35.7 Å². The predicted octanol–water partition coefficient (Wildman–Crippen LogP) is 12.1. The second-order valence-corrected chi connectivity index (χ2v) is 14.9. The van der Waals surface area contributed by atoms with Gasteiger partial charge in [0.05, 0.1) is 6.54 Å². The number of aliphatic imine (C=N–C) groups is 3. The molecule has 0 amide bonds. The van der Waals surface area contributed by atoms with Crippen molar-refractivity contribution in [3.8, 4) is 56.8 Å². The summed E-state index contributed by atoms with van der Waals surface area (Å²) in [5.74, 6) is 4.52. The van der Waals surface area contributed by atoms with Crippen LogP contribution in [0.5, 0.6) is 11.5 Å². The molecule has 7 aromatic carbocycles. The minimum Gasteiger partial charge on any atom is -0.457 e. The molecule has 59 heavy (non-hydrogen) atoms. The highest BCUT2D eigenvalue weighted by molar-refractivity contribution is 6.12. The number of benzene rings is 7. The van der Waals surface area contributed by atoms with Crippen LogP contribution in [0.25, 0.3) is 45.3 Å². The van der Waals surface area contributed by atoms with Gasteiger partial charge in [-0.05, 0) is 47.7 Å². The second-order valence-electron chi connectivity index (χ2n) is 14.9. The molecule has 0 atom stereocenters. The van der Waals surface area contributed by atoms with Crippen molar-refractivity contribution in [1.29, 1.82) is 0 Å². The molecule has 0 bridgehead atoms. The van der Waals surface area contributed by atoms with Gasteiger partial charge in [-0.2, -0.15) is 0 Å². The molecule has 0 unspecified atom stereocenters. The van der Waals surface area contributed by atoms with Crippen LogP contribution in [0.2, 0.25) is 0 Å². The van der Waals surface area contributed by atoms with Crippen molar-refractivity contribution in [3.05, 3.63) is 210 Å². The highest BCUT2D eigenvalue weighted by Gasteiger charge is 2.34. The van der Waals surface area contributed by atoms with Gasteiger partial charge in [0, 0.05) is 44.4 Å². The molecule has 0 aliphatic carbocycles. The largest absolute Gasteiger partial charge is 0.457 e. The van der Waals surface area contributed by atoms with E-state index in [1.54, 1.807) is 0 Å². The molecule has 8 aromatic rings. The molecule has 2 heterocycles. The van der Waals surface area contributed by atoms with Crippen LogP contribution in [0.15, 0.2) is 197 Å². The fourth-order valence-corrected chi connectivity index (χ4v) is 7.46. The molecule has 1 aromatic heterocycles. The van der Waals surface area contributed by atoms with E-state index in [2.05, 4.69) is 92.3 Å². The number of amidine groups is 2. The van der Waals surface area contributed by atoms with Gasteiger partial charge in [-0.15, -0.1) is 0 Å².